The lowest BCUT2D eigenvalue weighted by molar-refractivity contribution is -0.110. The molecule has 0 aliphatic carbocycles. The van der Waals surface area contributed by atoms with E-state index in [0.29, 0.717) is 0 Å². The number of hydrogen-bond donors (Lipinski definition) is 1. The Morgan fingerprint density at radius 3 is 2.57 bits per heavy atom. The van der Waals surface area contributed by atoms with Crippen LogP contribution >= 0.6 is 0 Å². The molecule has 0 spiro atoms. The second-order valence-corrected chi connectivity index (χ2v) is 2.61. The molecule has 0 aromatic heterocycles. The van der Waals surface area contributed by atoms with Crippen molar-refractivity contribution < 1.29 is 4.79 Å². The molecule has 0 aliphatic rings. The maximum absolute atomic E-state index is 10.8. The number of nitrogens with one attached hydrogen (secondary N) is 1. The van der Waals surface area contributed by atoms with Crippen LogP contribution in [0.15, 0.2) is 35.4 Å². The van der Waals surface area contributed by atoms with Gasteiger partial charge in [-0.05, 0) is 12.1 Å². The van der Waals surface area contributed by atoms with Crippen LogP contribution in [-0.4, -0.2) is 11.5 Å². The molecule has 0 aliphatic heterocycles. The Kier molecular flexibility index (Phi) is 3.39. The molecule has 0 fully saturated rings. The monoisotopic (exact) mass is 187 g/mol. The predicted molar refractivity (Wildman–Crippen MR) is 53.8 cm³/mol. The highest BCUT2D eigenvalue weighted by Gasteiger charge is 2.02. The van der Waals surface area contributed by atoms with Crippen LogP contribution in [0.25, 0.3) is 0 Å². The Bertz CT molecular complexity index is 390. The van der Waals surface area contributed by atoms with Gasteiger partial charge in [0.25, 0.3) is 0 Å². The van der Waals surface area contributed by atoms with E-state index in [1.54, 1.807) is 18.2 Å². The summed E-state index contributed by atoms with van der Waals surface area (Å²) < 4.78 is 0. The van der Waals surface area contributed by atoms with Crippen LogP contribution in [0.4, 0.5) is 5.69 Å². The van der Waals surface area contributed by atoms with Crippen molar-refractivity contribution in [2.24, 2.45) is 5.10 Å². The Labute approximate surface area is 81.9 Å². The largest absolute Gasteiger partial charge is 0.292 e. The van der Waals surface area contributed by atoms with Gasteiger partial charge in [-0.15, -0.1) is 0 Å². The van der Waals surface area contributed by atoms with E-state index in [9.17, 15) is 4.79 Å². The highest BCUT2D eigenvalue weighted by atomic mass is 16.1. The highest BCUT2D eigenvalue weighted by molar-refractivity contribution is 6.45. The van der Waals surface area contributed by atoms with Gasteiger partial charge in [-0.25, -0.2) is 0 Å². The molecule has 4 nitrogen and oxygen atoms in total. The molecule has 0 atom stereocenters. The summed E-state index contributed by atoms with van der Waals surface area (Å²) in [5, 5.41) is 12.2. The first-order valence-electron chi connectivity index (χ1n) is 4.04. The first-order chi connectivity index (χ1) is 6.74. The van der Waals surface area contributed by atoms with Crippen LogP contribution in [0.3, 0.4) is 0 Å². The molecular weight excluding hydrogens is 178 g/mol. The van der Waals surface area contributed by atoms with E-state index in [0.717, 1.165) is 5.69 Å². The maximum atomic E-state index is 10.8. The van der Waals surface area contributed by atoms with E-state index in [2.05, 4.69) is 10.5 Å². The third-order valence-electron chi connectivity index (χ3n) is 1.51. The molecule has 0 saturated carbocycles. The van der Waals surface area contributed by atoms with Crippen molar-refractivity contribution in [2.75, 3.05) is 5.43 Å². The first kappa shape index (κ1) is 9.93. The zero-order chi connectivity index (χ0) is 10.4. The maximum Gasteiger partial charge on any atom is 0.203 e. The van der Waals surface area contributed by atoms with Gasteiger partial charge in [0.1, 0.15) is 6.07 Å². The highest BCUT2D eigenvalue weighted by Crippen LogP contribution is 2.04. The Balaban J connectivity index is 2.73. The number of Topliss-reactive ketones (excluding diaryl/α,β-unsaturated/α-hetero) is 1. The molecule has 70 valence electrons. The molecule has 1 rings (SSSR count). The molecule has 1 N–H and O–H groups in total. The molecule has 0 unspecified atom stereocenters. The summed E-state index contributed by atoms with van der Waals surface area (Å²) in [6, 6.07) is 10.8. The summed E-state index contributed by atoms with van der Waals surface area (Å²) in [5.41, 5.74) is 3.23. The van der Waals surface area contributed by atoms with Gasteiger partial charge in [0.15, 0.2) is 5.78 Å². The number of carbonyl (C=O) groups excluding carboxylic acids is 1. The van der Waals surface area contributed by atoms with Gasteiger partial charge < -0.3 is 0 Å². The number of carbonyl (C=O) groups is 1. The van der Waals surface area contributed by atoms with Gasteiger partial charge in [-0.3, -0.25) is 10.2 Å². The van der Waals surface area contributed by atoms with Crippen molar-refractivity contribution in [3.05, 3.63) is 30.3 Å². The molecule has 4 heteroatoms. The van der Waals surface area contributed by atoms with Crippen LogP contribution in [0, 0.1) is 11.3 Å². The molecule has 0 saturated heterocycles. The van der Waals surface area contributed by atoms with Crippen LogP contribution in [0.1, 0.15) is 6.92 Å². The van der Waals surface area contributed by atoms with E-state index in [-0.39, 0.29) is 11.5 Å². The smallest absolute Gasteiger partial charge is 0.203 e. The average Bonchev–Trinajstić information content (AvgIpc) is 2.20. The van der Waals surface area contributed by atoms with E-state index in [1.807, 2.05) is 18.2 Å². The number of hydrogen-bond acceptors (Lipinski definition) is 4. The standard InChI is InChI=1S/C10H9N3O/c1-8(14)10(7-11)13-12-9-5-3-2-4-6-9/h2-6,12H,1H3. The fourth-order valence-electron chi connectivity index (χ4n) is 0.816. The van der Waals surface area contributed by atoms with E-state index < -0.39 is 0 Å². The molecular formula is C10H9N3O. The van der Waals surface area contributed by atoms with Crippen LogP contribution < -0.4 is 5.43 Å². The van der Waals surface area contributed by atoms with Gasteiger partial charge >= 0.3 is 0 Å². The molecule has 1 aromatic carbocycles. The quantitative estimate of drug-likeness (QED) is 0.577. The van der Waals surface area contributed by atoms with Crippen molar-refractivity contribution in [1.82, 2.24) is 0 Å². The number of anilines is 1. The fourth-order valence-corrected chi connectivity index (χ4v) is 0.816. The SMILES string of the molecule is CC(=O)C(C#N)=NNc1ccccc1. The zero-order valence-electron chi connectivity index (χ0n) is 7.69. The number of nitriles is 1. The number of rotatable bonds is 3. The van der Waals surface area contributed by atoms with Crippen molar-refractivity contribution in [3.63, 3.8) is 0 Å². The molecule has 14 heavy (non-hydrogen) atoms. The summed E-state index contributed by atoms with van der Waals surface area (Å²) in [6.07, 6.45) is 0. The summed E-state index contributed by atoms with van der Waals surface area (Å²) in [4.78, 5) is 10.8. The molecule has 1 aromatic rings. The van der Waals surface area contributed by atoms with Crippen LogP contribution in [-0.2, 0) is 4.79 Å². The Morgan fingerprint density at radius 1 is 1.43 bits per heavy atom. The summed E-state index contributed by atoms with van der Waals surface area (Å²) in [6.45, 7) is 1.30. The van der Waals surface area contributed by atoms with Crippen molar-refractivity contribution in [2.45, 2.75) is 6.92 Å². The van der Waals surface area contributed by atoms with Crippen LogP contribution in [0.5, 0.6) is 0 Å². The normalized spacial score (nSPS) is 10.4. The number of benzene rings is 1. The van der Waals surface area contributed by atoms with Gasteiger partial charge in [0.2, 0.25) is 5.71 Å². The lowest BCUT2D eigenvalue weighted by Gasteiger charge is -1.98. The average molecular weight is 187 g/mol. The number of para-hydroxylation sites is 1. The zero-order valence-corrected chi connectivity index (χ0v) is 7.69. The van der Waals surface area contributed by atoms with E-state index >= 15 is 0 Å². The summed E-state index contributed by atoms with van der Waals surface area (Å²) in [5.74, 6) is -0.351. The molecule has 0 radical (unpaired) electrons. The fraction of sp³-hybridized carbons (Fsp3) is 0.100. The van der Waals surface area contributed by atoms with Gasteiger partial charge in [-0.2, -0.15) is 10.4 Å². The first-order valence-corrected chi connectivity index (χ1v) is 4.04. The Morgan fingerprint density at radius 2 is 2.07 bits per heavy atom. The second kappa shape index (κ2) is 4.77. The molecule has 0 heterocycles. The van der Waals surface area contributed by atoms with Crippen molar-refractivity contribution in [1.29, 1.82) is 5.26 Å². The lowest BCUT2D eigenvalue weighted by Crippen LogP contribution is -2.09. The summed E-state index contributed by atoms with van der Waals surface area (Å²) in [7, 11) is 0. The minimum atomic E-state index is -0.351. The van der Waals surface area contributed by atoms with Gasteiger partial charge in [0, 0.05) is 6.92 Å². The minimum absolute atomic E-state index is 0.131. The predicted octanol–water partition coefficient (Wildman–Crippen LogP) is 1.57. The van der Waals surface area contributed by atoms with E-state index in [4.69, 9.17) is 5.26 Å². The number of hydrazone groups is 1. The second-order valence-electron chi connectivity index (χ2n) is 2.61. The van der Waals surface area contributed by atoms with Gasteiger partial charge in [0.05, 0.1) is 5.69 Å². The van der Waals surface area contributed by atoms with Gasteiger partial charge in [-0.1, -0.05) is 18.2 Å². The molecule has 0 amide bonds. The van der Waals surface area contributed by atoms with Crippen molar-refractivity contribution >= 4 is 17.2 Å². The van der Waals surface area contributed by atoms with E-state index in [1.165, 1.54) is 6.92 Å². The molecule has 0 bridgehead atoms. The lowest BCUT2D eigenvalue weighted by atomic mass is 10.3. The number of ketones is 1. The minimum Gasteiger partial charge on any atom is -0.292 e. The number of nitrogens with zero attached hydrogens (tertiary/aromatic N) is 2. The summed E-state index contributed by atoms with van der Waals surface area (Å²) >= 11 is 0. The Hall–Kier alpha value is -2.15. The third-order valence-corrected chi connectivity index (χ3v) is 1.51. The van der Waals surface area contributed by atoms with Crippen LogP contribution in [0.2, 0.25) is 0 Å². The van der Waals surface area contributed by atoms with Crippen molar-refractivity contribution in [3.8, 4) is 6.07 Å². The topological polar surface area (TPSA) is 65.2 Å². The third kappa shape index (κ3) is 2.72.